The quantitative estimate of drug-likeness (QED) is 0.462. The van der Waals surface area contributed by atoms with Crippen molar-refractivity contribution >= 4 is 16.7 Å². The molecule has 1 amide bonds. The summed E-state index contributed by atoms with van der Waals surface area (Å²) in [4.78, 5) is 29.3. The molecular formula is C27H27N5O3. The van der Waals surface area contributed by atoms with Crippen LogP contribution < -0.4 is 15.6 Å². The predicted molar refractivity (Wildman–Crippen MR) is 132 cm³/mol. The lowest BCUT2D eigenvalue weighted by Gasteiger charge is -2.57. The van der Waals surface area contributed by atoms with Crippen LogP contribution in [0.2, 0.25) is 0 Å². The van der Waals surface area contributed by atoms with Gasteiger partial charge >= 0.3 is 0 Å². The molecule has 0 unspecified atom stereocenters. The molecule has 0 radical (unpaired) electrons. The summed E-state index contributed by atoms with van der Waals surface area (Å²) in [6.07, 6.45) is 7.67. The molecule has 178 valence electrons. The smallest absolute Gasteiger partial charge is 0.272 e. The van der Waals surface area contributed by atoms with E-state index in [9.17, 15) is 9.59 Å². The number of aryl methyl sites for hydroxylation is 1. The van der Waals surface area contributed by atoms with E-state index in [1.165, 1.54) is 0 Å². The highest BCUT2D eigenvalue weighted by Gasteiger charge is 2.54. The minimum absolute atomic E-state index is 0.0827. The number of carbonyl (C=O) groups is 1. The summed E-state index contributed by atoms with van der Waals surface area (Å²) in [5, 5.41) is 11.9. The van der Waals surface area contributed by atoms with Crippen LogP contribution in [-0.2, 0) is 0 Å². The van der Waals surface area contributed by atoms with Crippen LogP contribution in [0.3, 0.4) is 0 Å². The number of hydrogen-bond acceptors (Lipinski definition) is 5. The third kappa shape index (κ3) is 3.69. The van der Waals surface area contributed by atoms with Gasteiger partial charge in [0, 0.05) is 29.1 Å². The average Bonchev–Trinajstić information content (AvgIpc) is 3.26. The Kier molecular flexibility index (Phi) is 4.98. The zero-order valence-corrected chi connectivity index (χ0v) is 19.7. The van der Waals surface area contributed by atoms with E-state index in [4.69, 9.17) is 4.74 Å². The number of ether oxygens (including phenoxy) is 1. The van der Waals surface area contributed by atoms with E-state index in [-0.39, 0.29) is 22.9 Å². The van der Waals surface area contributed by atoms with Crippen LogP contribution in [-0.4, -0.2) is 38.8 Å². The van der Waals surface area contributed by atoms with Gasteiger partial charge < -0.3 is 14.6 Å². The fourth-order valence-corrected chi connectivity index (χ4v) is 5.90. The highest BCUT2D eigenvalue weighted by atomic mass is 16.5. The van der Waals surface area contributed by atoms with E-state index in [0.717, 1.165) is 48.1 Å². The minimum Gasteiger partial charge on any atom is -0.495 e. The van der Waals surface area contributed by atoms with Gasteiger partial charge in [0.05, 0.1) is 35.9 Å². The Balaban J connectivity index is 1.09. The number of aromatic nitrogens is 4. The molecule has 0 aliphatic heterocycles. The summed E-state index contributed by atoms with van der Waals surface area (Å²) in [7, 11) is 1.60. The molecule has 2 aromatic heterocycles. The standard InChI is InChI=1S/C27H27N5O3/c1-16-14-32(15-28-16)22-8-7-17(9-23(22)35-2)25(33)29-19-12-27(13-19)10-18(11-27)24-20-5-3-4-6-21(20)26(34)31-30-24/h3-9,14-15,18-19H,10-13H2,1-2H3,(H,29,33)(H,31,34). The third-order valence-corrected chi connectivity index (χ3v) is 7.60. The van der Waals surface area contributed by atoms with Gasteiger partial charge in [0.1, 0.15) is 5.75 Å². The highest BCUT2D eigenvalue weighted by molar-refractivity contribution is 5.95. The Labute approximate surface area is 202 Å². The lowest BCUT2D eigenvalue weighted by atomic mass is 9.49. The second-order valence-electron chi connectivity index (χ2n) is 9.98. The fourth-order valence-electron chi connectivity index (χ4n) is 5.90. The van der Waals surface area contributed by atoms with Gasteiger partial charge in [-0.1, -0.05) is 18.2 Å². The van der Waals surface area contributed by atoms with Gasteiger partial charge in [-0.05, 0) is 62.3 Å². The van der Waals surface area contributed by atoms with E-state index in [1.807, 2.05) is 54.1 Å². The Bertz CT molecular complexity index is 1490. The average molecular weight is 470 g/mol. The zero-order chi connectivity index (χ0) is 24.2. The molecule has 2 aromatic carbocycles. The van der Waals surface area contributed by atoms with Crippen LogP contribution >= 0.6 is 0 Å². The maximum absolute atomic E-state index is 12.9. The number of methoxy groups -OCH3 is 1. The molecule has 6 rings (SSSR count). The Morgan fingerprint density at radius 1 is 1.14 bits per heavy atom. The van der Waals surface area contributed by atoms with E-state index < -0.39 is 0 Å². The van der Waals surface area contributed by atoms with Gasteiger partial charge in [-0.25, -0.2) is 10.1 Å². The fraction of sp³-hybridized carbons (Fsp3) is 0.333. The van der Waals surface area contributed by atoms with E-state index in [1.54, 1.807) is 19.5 Å². The number of nitrogens with one attached hydrogen (secondary N) is 2. The molecule has 8 nitrogen and oxygen atoms in total. The number of hydrogen-bond donors (Lipinski definition) is 2. The maximum Gasteiger partial charge on any atom is 0.272 e. The molecule has 2 saturated carbocycles. The highest BCUT2D eigenvalue weighted by Crippen LogP contribution is 2.62. The Hall–Kier alpha value is -3.94. The zero-order valence-electron chi connectivity index (χ0n) is 19.7. The monoisotopic (exact) mass is 469 g/mol. The molecule has 2 aliphatic carbocycles. The minimum atomic E-state index is -0.144. The third-order valence-electron chi connectivity index (χ3n) is 7.60. The molecule has 35 heavy (non-hydrogen) atoms. The molecule has 0 bridgehead atoms. The molecular weight excluding hydrogens is 442 g/mol. The Morgan fingerprint density at radius 3 is 2.63 bits per heavy atom. The van der Waals surface area contributed by atoms with Gasteiger partial charge in [0.15, 0.2) is 0 Å². The van der Waals surface area contributed by atoms with Crippen LogP contribution in [0.15, 0.2) is 59.8 Å². The van der Waals surface area contributed by atoms with Crippen LogP contribution in [0.4, 0.5) is 0 Å². The summed E-state index contributed by atoms with van der Waals surface area (Å²) in [6.45, 7) is 1.93. The summed E-state index contributed by atoms with van der Waals surface area (Å²) in [5.41, 5.74) is 3.45. The van der Waals surface area contributed by atoms with Crippen LogP contribution in [0.1, 0.15) is 53.3 Å². The first kappa shape index (κ1) is 21.6. The first-order chi connectivity index (χ1) is 16.9. The van der Waals surface area contributed by atoms with Crippen LogP contribution in [0, 0.1) is 12.3 Å². The van der Waals surface area contributed by atoms with Crippen molar-refractivity contribution in [2.45, 2.75) is 44.6 Å². The molecule has 2 heterocycles. The molecule has 4 aromatic rings. The van der Waals surface area contributed by atoms with Crippen molar-refractivity contribution in [2.75, 3.05) is 7.11 Å². The molecule has 2 aliphatic rings. The first-order valence-electron chi connectivity index (χ1n) is 11.9. The van der Waals surface area contributed by atoms with Crippen molar-refractivity contribution in [1.29, 1.82) is 0 Å². The summed E-state index contributed by atoms with van der Waals surface area (Å²) >= 11 is 0. The second kappa shape index (κ2) is 8.08. The van der Waals surface area contributed by atoms with E-state index in [2.05, 4.69) is 20.5 Å². The van der Waals surface area contributed by atoms with Crippen molar-refractivity contribution in [1.82, 2.24) is 25.1 Å². The number of benzene rings is 2. The van der Waals surface area contributed by atoms with Gasteiger partial charge in [-0.2, -0.15) is 5.10 Å². The molecule has 8 heteroatoms. The van der Waals surface area contributed by atoms with Crippen molar-refractivity contribution in [3.8, 4) is 11.4 Å². The molecule has 1 spiro atoms. The number of nitrogens with zero attached hydrogens (tertiary/aromatic N) is 3. The topological polar surface area (TPSA) is 102 Å². The molecule has 2 fully saturated rings. The van der Waals surface area contributed by atoms with Crippen molar-refractivity contribution < 1.29 is 9.53 Å². The van der Waals surface area contributed by atoms with Crippen molar-refractivity contribution in [3.63, 3.8) is 0 Å². The van der Waals surface area contributed by atoms with Crippen molar-refractivity contribution in [2.24, 2.45) is 5.41 Å². The number of amides is 1. The SMILES string of the molecule is COc1cc(C(=O)NC2CC3(C2)CC(c2n[nH]c(=O)c4ccccc24)C3)ccc1-n1cnc(C)c1. The maximum atomic E-state index is 12.9. The number of rotatable bonds is 5. The lowest BCUT2D eigenvalue weighted by molar-refractivity contribution is -0.0196. The number of carbonyl (C=O) groups excluding carboxylic acids is 1. The summed E-state index contributed by atoms with van der Waals surface area (Å²) in [6, 6.07) is 13.3. The normalized spacial score (nSPS) is 23.0. The molecule has 2 N–H and O–H groups in total. The largest absolute Gasteiger partial charge is 0.495 e. The van der Waals surface area contributed by atoms with Crippen molar-refractivity contribution in [3.05, 3.63) is 82.3 Å². The second-order valence-corrected chi connectivity index (χ2v) is 9.98. The predicted octanol–water partition coefficient (Wildman–Crippen LogP) is 3.88. The summed E-state index contributed by atoms with van der Waals surface area (Å²) < 4.78 is 7.43. The first-order valence-corrected chi connectivity index (χ1v) is 11.9. The molecule has 0 atom stereocenters. The Morgan fingerprint density at radius 2 is 1.91 bits per heavy atom. The van der Waals surface area contributed by atoms with Gasteiger partial charge in [0.25, 0.3) is 11.5 Å². The van der Waals surface area contributed by atoms with E-state index >= 15 is 0 Å². The number of H-pyrrole nitrogens is 1. The van der Waals surface area contributed by atoms with Gasteiger partial charge in [-0.3, -0.25) is 9.59 Å². The lowest BCUT2D eigenvalue weighted by Crippen LogP contribution is -2.55. The number of fused-ring (bicyclic) bond motifs is 1. The van der Waals surface area contributed by atoms with Gasteiger partial charge in [-0.15, -0.1) is 0 Å². The van der Waals surface area contributed by atoms with Gasteiger partial charge in [0.2, 0.25) is 0 Å². The van der Waals surface area contributed by atoms with Crippen LogP contribution in [0.25, 0.3) is 16.5 Å². The number of aromatic amines is 1. The number of imidazole rings is 1. The summed E-state index contributed by atoms with van der Waals surface area (Å²) in [5.74, 6) is 0.889. The van der Waals surface area contributed by atoms with Crippen LogP contribution in [0.5, 0.6) is 5.75 Å². The molecule has 0 saturated heterocycles. The van der Waals surface area contributed by atoms with E-state index in [0.29, 0.717) is 22.6 Å².